The number of carbonyl (C=O) groups is 2. The molecule has 0 radical (unpaired) electrons. The van der Waals surface area contributed by atoms with Crippen molar-refractivity contribution in [3.8, 4) is 0 Å². The van der Waals surface area contributed by atoms with Crippen molar-refractivity contribution in [2.75, 3.05) is 0 Å². The maximum Gasteiger partial charge on any atom is 0.295 e. The maximum absolute atomic E-state index is 12.9. The molecule has 4 nitrogen and oxygen atoms in total. The summed E-state index contributed by atoms with van der Waals surface area (Å²) in [4.78, 5) is 28.3. The van der Waals surface area contributed by atoms with Crippen LogP contribution in [-0.2, 0) is 16.1 Å². The third-order valence-electron chi connectivity index (χ3n) is 4.96. The fraction of sp³-hybridized carbons (Fsp3) is 0.130. The Balaban J connectivity index is 1.86. The van der Waals surface area contributed by atoms with Gasteiger partial charge in [0.1, 0.15) is 5.76 Å². The van der Waals surface area contributed by atoms with E-state index in [-0.39, 0.29) is 11.3 Å². The van der Waals surface area contributed by atoms with Gasteiger partial charge in [0.05, 0.1) is 18.2 Å². The zero-order valence-electron chi connectivity index (χ0n) is 15.6. The first-order chi connectivity index (χ1) is 14.0. The minimum atomic E-state index is -0.681. The van der Waals surface area contributed by atoms with Crippen LogP contribution in [0.25, 0.3) is 5.76 Å². The molecule has 146 valence electrons. The number of benzene rings is 2. The molecule has 2 aromatic carbocycles. The van der Waals surface area contributed by atoms with Crippen molar-refractivity contribution in [3.63, 3.8) is 0 Å². The third kappa shape index (κ3) is 3.71. The van der Waals surface area contributed by atoms with E-state index in [1.807, 2.05) is 48.7 Å². The zero-order valence-corrected chi connectivity index (χ0v) is 17.2. The van der Waals surface area contributed by atoms with Crippen molar-refractivity contribution in [1.29, 1.82) is 0 Å². The number of aliphatic hydroxyl groups is 1. The lowest BCUT2D eigenvalue weighted by Crippen LogP contribution is -2.28. The molecule has 6 heteroatoms. The predicted molar refractivity (Wildman–Crippen MR) is 115 cm³/mol. The van der Waals surface area contributed by atoms with Crippen molar-refractivity contribution < 1.29 is 14.7 Å². The van der Waals surface area contributed by atoms with Gasteiger partial charge in [-0.15, -0.1) is 11.3 Å². The molecule has 1 unspecified atom stereocenters. The first-order valence-electron chi connectivity index (χ1n) is 9.09. The summed E-state index contributed by atoms with van der Waals surface area (Å²) >= 11 is 7.47. The Kier molecular flexibility index (Phi) is 5.26. The Bertz CT molecular complexity index is 1090. The topological polar surface area (TPSA) is 57.6 Å². The number of ketones is 1. The number of thiophene rings is 1. The van der Waals surface area contributed by atoms with Crippen molar-refractivity contribution in [2.45, 2.75) is 19.5 Å². The molecule has 3 aromatic rings. The number of hydrogen-bond donors (Lipinski definition) is 1. The monoisotopic (exact) mass is 423 g/mol. The number of halogens is 1. The van der Waals surface area contributed by atoms with Crippen LogP contribution in [0.15, 0.2) is 71.6 Å². The first-order valence-corrected chi connectivity index (χ1v) is 10.3. The predicted octanol–water partition coefficient (Wildman–Crippen LogP) is 5.33. The number of Topliss-reactive ketones (excluding diaryl/α,β-unsaturated/α-hetero) is 1. The van der Waals surface area contributed by atoms with Gasteiger partial charge in [0, 0.05) is 15.5 Å². The minimum absolute atomic E-state index is 0.0951. The summed E-state index contributed by atoms with van der Waals surface area (Å²) < 4.78 is 0. The normalized spacial score (nSPS) is 18.4. The second kappa shape index (κ2) is 7.85. The Morgan fingerprint density at radius 3 is 2.38 bits per heavy atom. The smallest absolute Gasteiger partial charge is 0.295 e. The van der Waals surface area contributed by atoms with Crippen molar-refractivity contribution in [3.05, 3.63) is 98.2 Å². The van der Waals surface area contributed by atoms with Crippen LogP contribution >= 0.6 is 22.9 Å². The second-order valence-electron chi connectivity index (χ2n) is 6.92. The van der Waals surface area contributed by atoms with Crippen LogP contribution in [0.5, 0.6) is 0 Å². The lowest BCUT2D eigenvalue weighted by Gasteiger charge is -2.25. The van der Waals surface area contributed by atoms with E-state index in [0.29, 0.717) is 17.1 Å². The van der Waals surface area contributed by atoms with Crippen LogP contribution in [0.4, 0.5) is 0 Å². The summed E-state index contributed by atoms with van der Waals surface area (Å²) in [7, 11) is 0. The van der Waals surface area contributed by atoms with Gasteiger partial charge >= 0.3 is 0 Å². The molecular weight excluding hydrogens is 406 g/mol. The number of rotatable bonds is 4. The molecule has 29 heavy (non-hydrogen) atoms. The van der Waals surface area contributed by atoms with Gasteiger partial charge in [0.2, 0.25) is 0 Å². The Morgan fingerprint density at radius 1 is 1.07 bits per heavy atom. The van der Waals surface area contributed by atoms with Gasteiger partial charge in [-0.3, -0.25) is 9.59 Å². The van der Waals surface area contributed by atoms with Gasteiger partial charge in [-0.2, -0.15) is 0 Å². The average Bonchev–Trinajstić information content (AvgIpc) is 3.31. The molecule has 1 aliphatic rings. The molecule has 0 bridgehead atoms. The number of nitrogens with zero attached hydrogens (tertiary/aromatic N) is 1. The van der Waals surface area contributed by atoms with Gasteiger partial charge < -0.3 is 10.0 Å². The second-order valence-corrected chi connectivity index (χ2v) is 8.39. The van der Waals surface area contributed by atoms with Crippen LogP contribution in [0.2, 0.25) is 5.02 Å². The Hall–Kier alpha value is -2.89. The molecule has 0 saturated carbocycles. The molecular formula is C23H18ClNO3S. The lowest BCUT2D eigenvalue weighted by atomic mass is 9.95. The molecule has 1 N–H and O–H groups in total. The van der Waals surface area contributed by atoms with Gasteiger partial charge in [-0.25, -0.2) is 0 Å². The third-order valence-corrected chi connectivity index (χ3v) is 6.07. The molecule has 1 aromatic heterocycles. The van der Waals surface area contributed by atoms with Gasteiger partial charge in [0.25, 0.3) is 11.7 Å². The van der Waals surface area contributed by atoms with E-state index in [2.05, 4.69) is 0 Å². The van der Waals surface area contributed by atoms with Gasteiger partial charge in [0.15, 0.2) is 0 Å². The van der Waals surface area contributed by atoms with Crippen LogP contribution < -0.4 is 0 Å². The minimum Gasteiger partial charge on any atom is -0.507 e. The molecule has 1 fully saturated rings. The molecule has 0 aliphatic carbocycles. The summed E-state index contributed by atoms with van der Waals surface area (Å²) in [5.41, 5.74) is 2.39. The van der Waals surface area contributed by atoms with Gasteiger partial charge in [-0.05, 0) is 48.2 Å². The number of hydrogen-bond acceptors (Lipinski definition) is 4. The zero-order chi connectivity index (χ0) is 20.5. The number of amides is 1. The van der Waals surface area contributed by atoms with E-state index < -0.39 is 17.7 Å². The SMILES string of the molecule is Cc1ccc(C2/C(=C(\O)c3ccc(Cl)cc3)C(=O)C(=O)N2Cc2cccs2)cc1. The number of carbonyl (C=O) groups excluding carboxylic acids is 2. The number of aryl methyl sites for hydroxylation is 1. The largest absolute Gasteiger partial charge is 0.507 e. The highest BCUT2D eigenvalue weighted by molar-refractivity contribution is 7.09. The summed E-state index contributed by atoms with van der Waals surface area (Å²) in [6.07, 6.45) is 0. The summed E-state index contributed by atoms with van der Waals surface area (Å²) in [5, 5.41) is 13.4. The molecule has 1 aliphatic heterocycles. The maximum atomic E-state index is 12.9. The highest BCUT2D eigenvalue weighted by atomic mass is 35.5. The Labute approximate surface area is 177 Å². The summed E-state index contributed by atoms with van der Waals surface area (Å²) in [5.74, 6) is -1.49. The first kappa shape index (κ1) is 19.4. The molecule has 1 amide bonds. The number of aliphatic hydroxyl groups excluding tert-OH is 1. The van der Waals surface area contributed by atoms with E-state index in [1.165, 1.54) is 16.2 Å². The molecule has 1 saturated heterocycles. The average molecular weight is 424 g/mol. The van der Waals surface area contributed by atoms with E-state index in [0.717, 1.165) is 16.0 Å². The highest BCUT2D eigenvalue weighted by Crippen LogP contribution is 2.40. The summed E-state index contributed by atoms with van der Waals surface area (Å²) in [6.45, 7) is 2.28. The standard InChI is InChI=1S/C23H18ClNO3S/c1-14-4-6-15(7-5-14)20-19(21(26)16-8-10-17(24)11-9-16)22(27)23(28)25(20)13-18-3-2-12-29-18/h2-12,20,26H,13H2,1H3/b21-19+. The van der Waals surface area contributed by atoms with E-state index in [9.17, 15) is 14.7 Å². The Morgan fingerprint density at radius 2 is 1.76 bits per heavy atom. The van der Waals surface area contributed by atoms with E-state index >= 15 is 0 Å². The van der Waals surface area contributed by atoms with Crippen LogP contribution in [-0.4, -0.2) is 21.7 Å². The van der Waals surface area contributed by atoms with Gasteiger partial charge in [-0.1, -0.05) is 47.5 Å². The van der Waals surface area contributed by atoms with E-state index in [1.54, 1.807) is 24.3 Å². The molecule has 0 spiro atoms. The highest BCUT2D eigenvalue weighted by Gasteiger charge is 2.46. The van der Waals surface area contributed by atoms with Crippen LogP contribution in [0, 0.1) is 6.92 Å². The van der Waals surface area contributed by atoms with Crippen LogP contribution in [0.1, 0.15) is 27.6 Å². The molecule has 1 atom stereocenters. The molecule has 4 rings (SSSR count). The summed E-state index contributed by atoms with van der Waals surface area (Å²) in [6, 6.07) is 17.4. The van der Waals surface area contributed by atoms with Crippen LogP contribution in [0.3, 0.4) is 0 Å². The fourth-order valence-corrected chi connectivity index (χ4v) is 4.30. The van der Waals surface area contributed by atoms with Crippen molar-refractivity contribution >= 4 is 40.4 Å². The van der Waals surface area contributed by atoms with Crippen molar-refractivity contribution in [2.24, 2.45) is 0 Å². The quantitative estimate of drug-likeness (QED) is 0.350. The lowest BCUT2D eigenvalue weighted by molar-refractivity contribution is -0.140. The molecule has 2 heterocycles. The van der Waals surface area contributed by atoms with E-state index in [4.69, 9.17) is 11.6 Å². The fourth-order valence-electron chi connectivity index (χ4n) is 3.47. The number of likely N-dealkylation sites (tertiary alicyclic amines) is 1. The van der Waals surface area contributed by atoms with Crippen molar-refractivity contribution in [1.82, 2.24) is 4.90 Å².